The van der Waals surface area contributed by atoms with Crippen LogP contribution in [0.25, 0.3) is 0 Å². The molecular weight excluding hydrogens is 355 g/mol. The lowest BCUT2D eigenvalue weighted by atomic mass is 10.2. The molecule has 0 radical (unpaired) electrons. The van der Waals surface area contributed by atoms with Gasteiger partial charge in [0.25, 0.3) is 5.91 Å². The zero-order chi connectivity index (χ0) is 19.9. The molecule has 0 fully saturated rings. The highest BCUT2D eigenvalue weighted by Crippen LogP contribution is 2.15. The second-order valence-corrected chi connectivity index (χ2v) is 6.79. The molecule has 2 aromatic carbocycles. The fourth-order valence-corrected chi connectivity index (χ4v) is 2.74. The first-order chi connectivity index (χ1) is 13.5. The SMILES string of the molecule is CC(C)N(Cc1ccccc1)c1ncc(C(=O)NCc2ccc(F)cc2)cn1. The van der Waals surface area contributed by atoms with E-state index in [9.17, 15) is 9.18 Å². The zero-order valence-electron chi connectivity index (χ0n) is 16.0. The molecular formula is C22H23FN4O. The summed E-state index contributed by atoms with van der Waals surface area (Å²) < 4.78 is 12.9. The minimum absolute atomic E-state index is 0.207. The van der Waals surface area contributed by atoms with Crippen LogP contribution in [-0.2, 0) is 13.1 Å². The Hall–Kier alpha value is -3.28. The molecule has 0 saturated carbocycles. The number of halogens is 1. The molecule has 1 aromatic heterocycles. The monoisotopic (exact) mass is 378 g/mol. The molecule has 6 heteroatoms. The van der Waals surface area contributed by atoms with Crippen molar-refractivity contribution < 1.29 is 9.18 Å². The number of nitrogens with zero attached hydrogens (tertiary/aromatic N) is 3. The predicted octanol–water partition coefficient (Wildman–Crippen LogP) is 3.96. The van der Waals surface area contributed by atoms with E-state index >= 15 is 0 Å². The molecule has 0 aliphatic heterocycles. The van der Waals surface area contributed by atoms with E-state index in [1.807, 2.05) is 18.2 Å². The summed E-state index contributed by atoms with van der Waals surface area (Å²) in [5.74, 6) is 0.00763. The third-order valence-corrected chi connectivity index (χ3v) is 4.34. The van der Waals surface area contributed by atoms with Crippen molar-refractivity contribution in [1.29, 1.82) is 0 Å². The lowest BCUT2D eigenvalue weighted by Gasteiger charge is -2.26. The quantitative estimate of drug-likeness (QED) is 0.676. The fourth-order valence-electron chi connectivity index (χ4n) is 2.74. The van der Waals surface area contributed by atoms with Crippen LogP contribution in [0, 0.1) is 5.82 Å². The summed E-state index contributed by atoms with van der Waals surface area (Å²) in [5, 5.41) is 2.79. The second kappa shape index (κ2) is 9.08. The molecule has 0 spiro atoms. The topological polar surface area (TPSA) is 58.1 Å². The van der Waals surface area contributed by atoms with Crippen LogP contribution in [0.1, 0.15) is 35.3 Å². The average Bonchev–Trinajstić information content (AvgIpc) is 2.72. The van der Waals surface area contributed by atoms with E-state index in [0.717, 1.165) is 5.56 Å². The zero-order valence-corrected chi connectivity index (χ0v) is 16.0. The molecule has 0 atom stereocenters. The maximum atomic E-state index is 12.9. The number of carbonyl (C=O) groups is 1. The Balaban J connectivity index is 1.65. The van der Waals surface area contributed by atoms with Gasteiger partial charge in [-0.1, -0.05) is 42.5 Å². The van der Waals surface area contributed by atoms with Crippen molar-refractivity contribution in [3.8, 4) is 0 Å². The predicted molar refractivity (Wildman–Crippen MR) is 107 cm³/mol. The lowest BCUT2D eigenvalue weighted by Crippen LogP contribution is -2.32. The van der Waals surface area contributed by atoms with Crippen molar-refractivity contribution >= 4 is 11.9 Å². The summed E-state index contributed by atoms with van der Waals surface area (Å²) in [6.45, 7) is 5.16. The van der Waals surface area contributed by atoms with Gasteiger partial charge in [-0.15, -0.1) is 0 Å². The first-order valence-corrected chi connectivity index (χ1v) is 9.18. The molecule has 1 N–H and O–H groups in total. The number of amides is 1. The van der Waals surface area contributed by atoms with Gasteiger partial charge in [0, 0.05) is 31.5 Å². The van der Waals surface area contributed by atoms with Crippen molar-refractivity contribution in [3.05, 3.63) is 89.5 Å². The van der Waals surface area contributed by atoms with Gasteiger partial charge < -0.3 is 10.2 Å². The number of hydrogen-bond donors (Lipinski definition) is 1. The van der Waals surface area contributed by atoms with Crippen LogP contribution in [0.15, 0.2) is 67.0 Å². The summed E-state index contributed by atoms with van der Waals surface area (Å²) >= 11 is 0. The number of nitrogens with one attached hydrogen (secondary N) is 1. The van der Waals surface area contributed by atoms with Crippen molar-refractivity contribution in [3.63, 3.8) is 0 Å². The number of hydrogen-bond acceptors (Lipinski definition) is 4. The van der Waals surface area contributed by atoms with Crippen molar-refractivity contribution in [2.45, 2.75) is 33.0 Å². The van der Waals surface area contributed by atoms with Crippen LogP contribution in [0.3, 0.4) is 0 Å². The molecule has 0 bridgehead atoms. The molecule has 3 aromatic rings. The molecule has 1 amide bonds. The molecule has 28 heavy (non-hydrogen) atoms. The fraction of sp³-hybridized carbons (Fsp3) is 0.227. The van der Waals surface area contributed by atoms with E-state index in [2.05, 4.69) is 46.2 Å². The standard InChI is InChI=1S/C22H23FN4O/c1-16(2)27(15-18-6-4-3-5-7-18)22-25-13-19(14-26-22)21(28)24-12-17-8-10-20(23)11-9-17/h3-11,13-14,16H,12,15H2,1-2H3,(H,24,28). The van der Waals surface area contributed by atoms with E-state index in [1.165, 1.54) is 30.1 Å². The van der Waals surface area contributed by atoms with Crippen molar-refractivity contribution in [2.75, 3.05) is 4.90 Å². The Morgan fingerprint density at radius 1 is 1.00 bits per heavy atom. The van der Waals surface area contributed by atoms with Crippen LogP contribution in [-0.4, -0.2) is 21.9 Å². The van der Waals surface area contributed by atoms with Crippen molar-refractivity contribution in [1.82, 2.24) is 15.3 Å². The number of aromatic nitrogens is 2. The minimum atomic E-state index is -0.302. The third-order valence-electron chi connectivity index (χ3n) is 4.34. The van der Waals surface area contributed by atoms with E-state index in [4.69, 9.17) is 0 Å². The Morgan fingerprint density at radius 3 is 2.25 bits per heavy atom. The number of anilines is 1. The molecule has 1 heterocycles. The second-order valence-electron chi connectivity index (χ2n) is 6.79. The third kappa shape index (κ3) is 5.13. The first kappa shape index (κ1) is 19.5. The Labute approximate surface area is 164 Å². The smallest absolute Gasteiger partial charge is 0.254 e. The summed E-state index contributed by atoms with van der Waals surface area (Å²) in [7, 11) is 0. The summed E-state index contributed by atoms with van der Waals surface area (Å²) in [5.41, 5.74) is 2.37. The van der Waals surface area contributed by atoms with E-state index in [1.54, 1.807) is 12.1 Å². The highest BCUT2D eigenvalue weighted by molar-refractivity contribution is 5.93. The molecule has 5 nitrogen and oxygen atoms in total. The van der Waals surface area contributed by atoms with Gasteiger partial charge in [-0.25, -0.2) is 14.4 Å². The van der Waals surface area contributed by atoms with Crippen LogP contribution in [0.5, 0.6) is 0 Å². The summed E-state index contributed by atoms with van der Waals surface area (Å²) in [6, 6.07) is 16.3. The van der Waals surface area contributed by atoms with Crippen LogP contribution in [0.2, 0.25) is 0 Å². The minimum Gasteiger partial charge on any atom is -0.348 e. The van der Waals surface area contributed by atoms with E-state index < -0.39 is 0 Å². The average molecular weight is 378 g/mol. The molecule has 144 valence electrons. The molecule has 0 aliphatic rings. The van der Waals surface area contributed by atoms with Gasteiger partial charge in [0.15, 0.2) is 0 Å². The Bertz CT molecular complexity index is 896. The van der Waals surface area contributed by atoms with Crippen LogP contribution >= 0.6 is 0 Å². The number of benzene rings is 2. The molecule has 0 aliphatic carbocycles. The maximum absolute atomic E-state index is 12.9. The highest BCUT2D eigenvalue weighted by atomic mass is 19.1. The number of rotatable bonds is 7. The van der Waals surface area contributed by atoms with Gasteiger partial charge in [0.2, 0.25) is 5.95 Å². The van der Waals surface area contributed by atoms with Crippen molar-refractivity contribution in [2.24, 2.45) is 0 Å². The van der Waals surface area contributed by atoms with Crippen LogP contribution in [0.4, 0.5) is 10.3 Å². The normalized spacial score (nSPS) is 10.7. The Morgan fingerprint density at radius 2 is 1.64 bits per heavy atom. The molecule has 0 unspecified atom stereocenters. The van der Waals surface area contributed by atoms with E-state index in [-0.39, 0.29) is 17.8 Å². The largest absolute Gasteiger partial charge is 0.348 e. The van der Waals surface area contributed by atoms with Crippen LogP contribution < -0.4 is 10.2 Å². The Kier molecular flexibility index (Phi) is 6.32. The van der Waals surface area contributed by atoms with Gasteiger partial charge in [0.05, 0.1) is 5.56 Å². The van der Waals surface area contributed by atoms with Gasteiger partial charge in [-0.05, 0) is 37.1 Å². The lowest BCUT2D eigenvalue weighted by molar-refractivity contribution is 0.0950. The first-order valence-electron chi connectivity index (χ1n) is 9.18. The molecule has 3 rings (SSSR count). The summed E-state index contributed by atoms with van der Waals surface area (Å²) in [6.07, 6.45) is 3.06. The van der Waals surface area contributed by atoms with Gasteiger partial charge in [0.1, 0.15) is 5.82 Å². The number of carbonyl (C=O) groups excluding carboxylic acids is 1. The van der Waals surface area contributed by atoms with Gasteiger partial charge in [-0.2, -0.15) is 0 Å². The molecule has 0 saturated heterocycles. The summed E-state index contributed by atoms with van der Waals surface area (Å²) in [4.78, 5) is 23.2. The van der Waals surface area contributed by atoms with Gasteiger partial charge in [-0.3, -0.25) is 4.79 Å². The van der Waals surface area contributed by atoms with E-state index in [0.29, 0.717) is 24.6 Å². The maximum Gasteiger partial charge on any atom is 0.254 e. The highest BCUT2D eigenvalue weighted by Gasteiger charge is 2.15. The van der Waals surface area contributed by atoms with Gasteiger partial charge >= 0.3 is 0 Å².